The topological polar surface area (TPSA) is 46.2 Å². The predicted molar refractivity (Wildman–Crippen MR) is 86.9 cm³/mol. The minimum Gasteiger partial charge on any atom is -0.313 e. The van der Waals surface area contributed by atoms with Gasteiger partial charge in [-0.15, -0.1) is 0 Å². The molecule has 1 fully saturated rings. The average molecular weight is 360 g/mol. The smallest absolute Gasteiger partial charge is 0.150 e. The van der Waals surface area contributed by atoms with Crippen LogP contribution >= 0.6 is 15.9 Å². The molecule has 0 spiro atoms. The Bertz CT molecular complexity index is 541. The number of nitrogens with one attached hydrogen (secondary N) is 1. The molecule has 0 aliphatic heterocycles. The van der Waals surface area contributed by atoms with Gasteiger partial charge in [-0.25, -0.2) is 8.42 Å². The molecule has 1 aromatic carbocycles. The number of rotatable bonds is 8. The van der Waals surface area contributed by atoms with E-state index in [-0.39, 0.29) is 17.4 Å². The number of sulfone groups is 1. The van der Waals surface area contributed by atoms with Crippen LogP contribution in [0.25, 0.3) is 0 Å². The van der Waals surface area contributed by atoms with E-state index in [4.69, 9.17) is 0 Å². The third-order valence-corrected chi connectivity index (χ3v) is 6.00. The highest BCUT2D eigenvalue weighted by Gasteiger charge is 2.23. The summed E-state index contributed by atoms with van der Waals surface area (Å²) in [5.74, 6) is 0.760. The van der Waals surface area contributed by atoms with Gasteiger partial charge in [0.05, 0.1) is 5.75 Å². The van der Waals surface area contributed by atoms with Crippen LogP contribution < -0.4 is 5.32 Å². The van der Waals surface area contributed by atoms with Crippen LogP contribution in [0.1, 0.15) is 37.7 Å². The minimum atomic E-state index is -2.90. The quantitative estimate of drug-likeness (QED) is 0.775. The maximum absolute atomic E-state index is 11.7. The van der Waals surface area contributed by atoms with Gasteiger partial charge < -0.3 is 5.32 Å². The molecule has 1 N–H and O–H groups in total. The van der Waals surface area contributed by atoms with Gasteiger partial charge >= 0.3 is 0 Å². The molecule has 1 unspecified atom stereocenters. The van der Waals surface area contributed by atoms with Crippen LogP contribution in [0.5, 0.6) is 0 Å². The van der Waals surface area contributed by atoms with E-state index < -0.39 is 9.84 Å². The predicted octanol–water partition coefficient (Wildman–Crippen LogP) is 3.11. The average Bonchev–Trinajstić information content (AvgIpc) is 3.23. The summed E-state index contributed by atoms with van der Waals surface area (Å²) in [5.41, 5.74) is 1.21. The van der Waals surface area contributed by atoms with Crippen molar-refractivity contribution < 1.29 is 8.42 Å². The lowest BCUT2D eigenvalue weighted by atomic mass is 9.96. The molecule has 0 aromatic heterocycles. The zero-order valence-corrected chi connectivity index (χ0v) is 14.2. The minimum absolute atomic E-state index is 0.230. The normalized spacial score (nSPS) is 17.1. The second kappa shape index (κ2) is 7.05. The number of hydrogen-bond donors (Lipinski definition) is 1. The van der Waals surface area contributed by atoms with Crippen LogP contribution in [0.2, 0.25) is 0 Å². The summed E-state index contributed by atoms with van der Waals surface area (Å²) in [6, 6.07) is 8.84. The van der Waals surface area contributed by atoms with Gasteiger partial charge in [-0.05, 0) is 42.9 Å². The summed E-state index contributed by atoms with van der Waals surface area (Å²) in [6.07, 6.45) is 3.18. The van der Waals surface area contributed by atoms with Crippen molar-refractivity contribution in [3.8, 4) is 0 Å². The van der Waals surface area contributed by atoms with Crippen LogP contribution in [0, 0.1) is 0 Å². The second-order valence-electron chi connectivity index (χ2n) is 5.46. The van der Waals surface area contributed by atoms with Crippen molar-refractivity contribution in [3.05, 3.63) is 34.3 Å². The molecule has 0 heterocycles. The third kappa shape index (κ3) is 5.19. The zero-order chi connectivity index (χ0) is 14.6. The first-order valence-corrected chi connectivity index (χ1v) is 9.81. The maximum Gasteiger partial charge on any atom is 0.150 e. The van der Waals surface area contributed by atoms with Gasteiger partial charge in [-0.2, -0.15) is 0 Å². The molecule has 1 atom stereocenters. The Morgan fingerprint density at radius 2 is 2.15 bits per heavy atom. The van der Waals surface area contributed by atoms with Crippen molar-refractivity contribution in [2.75, 3.05) is 18.1 Å². The Morgan fingerprint density at radius 1 is 1.40 bits per heavy atom. The van der Waals surface area contributed by atoms with Crippen molar-refractivity contribution >= 4 is 25.8 Å². The van der Waals surface area contributed by atoms with Gasteiger partial charge in [-0.3, -0.25) is 0 Å². The fraction of sp³-hybridized carbons (Fsp3) is 0.600. The lowest BCUT2D eigenvalue weighted by molar-refractivity contribution is 0.554. The second-order valence-corrected chi connectivity index (χ2v) is 8.85. The Morgan fingerprint density at radius 3 is 2.75 bits per heavy atom. The SMILES string of the molecule is CCS(=O)(=O)CCC(CNC1CC1)c1cccc(Br)c1. The third-order valence-electron chi connectivity index (χ3n) is 3.77. The van der Waals surface area contributed by atoms with Crippen molar-refractivity contribution in [2.24, 2.45) is 0 Å². The zero-order valence-electron chi connectivity index (χ0n) is 11.8. The highest BCUT2D eigenvalue weighted by Crippen LogP contribution is 2.25. The van der Waals surface area contributed by atoms with Crippen molar-refractivity contribution in [2.45, 2.75) is 38.1 Å². The summed E-state index contributed by atoms with van der Waals surface area (Å²) < 4.78 is 24.5. The fourth-order valence-corrected chi connectivity index (χ4v) is 3.56. The van der Waals surface area contributed by atoms with Gasteiger partial charge in [0.1, 0.15) is 9.84 Å². The first kappa shape index (κ1) is 16.0. The lowest BCUT2D eigenvalue weighted by Gasteiger charge is -2.18. The largest absolute Gasteiger partial charge is 0.313 e. The summed E-state index contributed by atoms with van der Waals surface area (Å²) >= 11 is 3.49. The molecule has 1 aromatic rings. The number of halogens is 1. The molecule has 1 aliphatic rings. The first-order valence-electron chi connectivity index (χ1n) is 7.19. The molecule has 1 saturated carbocycles. The van der Waals surface area contributed by atoms with E-state index in [9.17, 15) is 8.42 Å². The number of hydrogen-bond acceptors (Lipinski definition) is 3. The van der Waals surface area contributed by atoms with Crippen LogP contribution in [-0.4, -0.2) is 32.5 Å². The summed E-state index contributed by atoms with van der Waals surface area (Å²) in [4.78, 5) is 0. The molecule has 20 heavy (non-hydrogen) atoms. The van der Waals surface area contributed by atoms with Crippen molar-refractivity contribution in [1.29, 1.82) is 0 Å². The van der Waals surface area contributed by atoms with Gasteiger partial charge in [0.25, 0.3) is 0 Å². The van der Waals surface area contributed by atoms with Gasteiger partial charge in [0.2, 0.25) is 0 Å². The van der Waals surface area contributed by atoms with Gasteiger partial charge in [0.15, 0.2) is 0 Å². The van der Waals surface area contributed by atoms with Crippen molar-refractivity contribution in [1.82, 2.24) is 5.32 Å². The standard InChI is InChI=1S/C15H22BrNO2S/c1-2-20(18,19)9-8-13(11-17-15-6-7-15)12-4-3-5-14(16)10-12/h3-5,10,13,15,17H,2,6-9,11H2,1H3. The molecule has 5 heteroatoms. The van der Waals surface area contributed by atoms with Crippen LogP contribution in [-0.2, 0) is 9.84 Å². The molecule has 2 rings (SSSR count). The first-order chi connectivity index (χ1) is 9.50. The van der Waals surface area contributed by atoms with E-state index >= 15 is 0 Å². The van der Waals surface area contributed by atoms with E-state index in [1.165, 1.54) is 18.4 Å². The van der Waals surface area contributed by atoms with Crippen LogP contribution in [0.4, 0.5) is 0 Å². The molecule has 0 amide bonds. The van der Waals surface area contributed by atoms with E-state index in [0.29, 0.717) is 12.5 Å². The molecule has 112 valence electrons. The highest BCUT2D eigenvalue weighted by atomic mass is 79.9. The summed E-state index contributed by atoms with van der Waals surface area (Å²) in [5, 5.41) is 3.52. The van der Waals surface area contributed by atoms with Crippen LogP contribution in [0.15, 0.2) is 28.7 Å². The highest BCUT2D eigenvalue weighted by molar-refractivity contribution is 9.10. The summed E-state index contributed by atoms with van der Waals surface area (Å²) in [6.45, 7) is 2.58. The summed E-state index contributed by atoms with van der Waals surface area (Å²) in [7, 11) is -2.90. The Hall–Kier alpha value is -0.390. The Kier molecular flexibility index (Phi) is 5.64. The van der Waals surface area contributed by atoms with E-state index in [1.807, 2.05) is 12.1 Å². The molecule has 0 saturated heterocycles. The molecule has 3 nitrogen and oxygen atoms in total. The van der Waals surface area contributed by atoms with E-state index in [2.05, 4.69) is 33.4 Å². The fourth-order valence-electron chi connectivity index (χ4n) is 2.21. The number of benzene rings is 1. The van der Waals surface area contributed by atoms with Crippen LogP contribution in [0.3, 0.4) is 0 Å². The molecule has 0 bridgehead atoms. The maximum atomic E-state index is 11.7. The molecule has 0 radical (unpaired) electrons. The van der Waals surface area contributed by atoms with E-state index in [1.54, 1.807) is 6.92 Å². The molecular formula is C15H22BrNO2S. The molecular weight excluding hydrogens is 338 g/mol. The van der Waals surface area contributed by atoms with Gasteiger partial charge in [-0.1, -0.05) is 35.0 Å². The Balaban J connectivity index is 2.03. The molecule has 1 aliphatic carbocycles. The lowest BCUT2D eigenvalue weighted by Crippen LogP contribution is -2.25. The monoisotopic (exact) mass is 359 g/mol. The van der Waals surface area contributed by atoms with Crippen molar-refractivity contribution in [3.63, 3.8) is 0 Å². The van der Waals surface area contributed by atoms with Gasteiger partial charge in [0, 0.05) is 22.8 Å². The Labute approximate surface area is 130 Å². The van der Waals surface area contributed by atoms with E-state index in [0.717, 1.165) is 11.0 Å².